The molecular formula is C19H27N3O3S3. The number of rotatable bonds is 8. The lowest BCUT2D eigenvalue weighted by atomic mass is 10.2. The highest BCUT2D eigenvalue weighted by Crippen LogP contribution is 2.27. The molecule has 0 bridgehead atoms. The van der Waals surface area contributed by atoms with E-state index in [1.54, 1.807) is 27.8 Å². The maximum Gasteiger partial charge on any atom is 0.252 e. The standard InChI is InChI=1S/C19H27N3O3S3/c1-21(2)16(17-7-6-12-26-17)14-20-18(23)13-15-8-9-19(27-15)28(24,25)22-10-4-3-5-11-22/h6-9,12,16H,3-5,10-11,13-14H2,1-2H3,(H,20,23). The number of piperidine rings is 1. The van der Waals surface area contributed by atoms with Gasteiger partial charge in [0.1, 0.15) is 4.21 Å². The quantitative estimate of drug-likeness (QED) is 0.684. The number of carbonyl (C=O) groups is 1. The largest absolute Gasteiger partial charge is 0.354 e. The predicted molar refractivity (Wildman–Crippen MR) is 114 cm³/mol. The minimum absolute atomic E-state index is 0.0906. The third kappa shape index (κ3) is 5.21. The average molecular weight is 442 g/mol. The Bertz CT molecular complexity index is 869. The Balaban J connectivity index is 1.58. The van der Waals surface area contributed by atoms with E-state index in [9.17, 15) is 13.2 Å². The fraction of sp³-hybridized carbons (Fsp3) is 0.526. The highest BCUT2D eigenvalue weighted by molar-refractivity contribution is 7.91. The van der Waals surface area contributed by atoms with E-state index in [0.29, 0.717) is 23.8 Å². The molecule has 0 spiro atoms. The smallest absolute Gasteiger partial charge is 0.252 e. The van der Waals surface area contributed by atoms with Crippen LogP contribution < -0.4 is 5.32 Å². The Morgan fingerprint density at radius 3 is 2.61 bits per heavy atom. The van der Waals surface area contributed by atoms with Crippen LogP contribution in [0.25, 0.3) is 0 Å². The van der Waals surface area contributed by atoms with Gasteiger partial charge in [0.2, 0.25) is 5.91 Å². The summed E-state index contributed by atoms with van der Waals surface area (Å²) >= 11 is 2.87. The first kappa shape index (κ1) is 21.4. The molecule has 154 valence electrons. The van der Waals surface area contributed by atoms with Crippen LogP contribution in [0.4, 0.5) is 0 Å². The summed E-state index contributed by atoms with van der Waals surface area (Å²) in [6.07, 6.45) is 3.11. The van der Waals surface area contributed by atoms with Crippen molar-refractivity contribution in [2.24, 2.45) is 0 Å². The van der Waals surface area contributed by atoms with Crippen molar-refractivity contribution in [3.63, 3.8) is 0 Å². The first-order valence-corrected chi connectivity index (χ1v) is 12.6. The van der Waals surface area contributed by atoms with Crippen molar-refractivity contribution in [2.75, 3.05) is 33.7 Å². The SMILES string of the molecule is CN(C)C(CNC(=O)Cc1ccc(S(=O)(=O)N2CCCCC2)s1)c1cccs1. The summed E-state index contributed by atoms with van der Waals surface area (Å²) < 4.78 is 27.4. The van der Waals surface area contributed by atoms with Crippen molar-refractivity contribution < 1.29 is 13.2 Å². The molecule has 3 heterocycles. The fourth-order valence-corrected chi connectivity index (χ4v) is 7.22. The topological polar surface area (TPSA) is 69.7 Å². The van der Waals surface area contributed by atoms with Crippen LogP contribution in [0.1, 0.15) is 35.1 Å². The molecule has 0 radical (unpaired) electrons. The molecule has 1 atom stereocenters. The summed E-state index contributed by atoms with van der Waals surface area (Å²) in [6.45, 7) is 1.70. The van der Waals surface area contributed by atoms with Gasteiger partial charge in [-0.1, -0.05) is 12.5 Å². The van der Waals surface area contributed by atoms with Crippen LogP contribution in [0, 0.1) is 0 Å². The van der Waals surface area contributed by atoms with Crippen LogP contribution in [0.5, 0.6) is 0 Å². The van der Waals surface area contributed by atoms with Crippen LogP contribution >= 0.6 is 22.7 Å². The summed E-state index contributed by atoms with van der Waals surface area (Å²) in [6, 6.07) is 7.59. The Kier molecular flexibility index (Phi) is 7.27. The average Bonchev–Trinajstić information content (AvgIpc) is 3.35. The van der Waals surface area contributed by atoms with Crippen molar-refractivity contribution in [1.29, 1.82) is 0 Å². The third-order valence-corrected chi connectivity index (χ3v) is 9.29. The predicted octanol–water partition coefficient (Wildman–Crippen LogP) is 2.95. The molecule has 6 nitrogen and oxygen atoms in total. The number of sulfonamides is 1. The number of hydrogen-bond acceptors (Lipinski definition) is 6. The Morgan fingerprint density at radius 2 is 1.96 bits per heavy atom. The number of carbonyl (C=O) groups excluding carboxylic acids is 1. The van der Waals surface area contributed by atoms with E-state index in [1.165, 1.54) is 16.2 Å². The van der Waals surface area contributed by atoms with E-state index in [2.05, 4.69) is 16.3 Å². The maximum atomic E-state index is 12.7. The lowest BCUT2D eigenvalue weighted by Gasteiger charge is -2.25. The van der Waals surface area contributed by atoms with E-state index in [-0.39, 0.29) is 18.4 Å². The molecule has 1 unspecified atom stereocenters. The molecule has 0 aliphatic carbocycles. The second kappa shape index (κ2) is 9.49. The highest BCUT2D eigenvalue weighted by Gasteiger charge is 2.27. The van der Waals surface area contributed by atoms with Gasteiger partial charge in [-0.25, -0.2) is 8.42 Å². The molecule has 2 aromatic heterocycles. The molecule has 1 saturated heterocycles. The van der Waals surface area contributed by atoms with Crippen LogP contribution in [0.2, 0.25) is 0 Å². The Morgan fingerprint density at radius 1 is 1.21 bits per heavy atom. The zero-order valence-corrected chi connectivity index (χ0v) is 18.7. The molecule has 1 aliphatic rings. The Hall–Kier alpha value is -1.26. The van der Waals surface area contributed by atoms with Gasteiger partial charge in [0.05, 0.1) is 12.5 Å². The van der Waals surface area contributed by atoms with Crippen LogP contribution in [0.15, 0.2) is 33.9 Å². The molecule has 28 heavy (non-hydrogen) atoms. The summed E-state index contributed by atoms with van der Waals surface area (Å²) in [5.41, 5.74) is 0. The van der Waals surface area contributed by atoms with Gasteiger partial charge in [-0.05, 0) is 50.5 Å². The number of hydrogen-bond donors (Lipinski definition) is 1. The zero-order valence-electron chi connectivity index (χ0n) is 16.3. The molecule has 0 aromatic carbocycles. The van der Waals surface area contributed by atoms with Crippen molar-refractivity contribution >= 4 is 38.6 Å². The first-order chi connectivity index (χ1) is 13.4. The van der Waals surface area contributed by atoms with Crippen LogP contribution in [-0.4, -0.2) is 57.3 Å². The normalized spacial score (nSPS) is 17.0. The molecular weight excluding hydrogens is 414 g/mol. The lowest BCUT2D eigenvalue weighted by molar-refractivity contribution is -0.120. The van der Waals surface area contributed by atoms with E-state index in [4.69, 9.17) is 0 Å². The molecule has 2 aromatic rings. The van der Waals surface area contributed by atoms with Crippen molar-refractivity contribution in [2.45, 2.75) is 35.9 Å². The fourth-order valence-electron chi connectivity index (χ4n) is 3.27. The summed E-state index contributed by atoms with van der Waals surface area (Å²) in [4.78, 5) is 16.4. The summed E-state index contributed by atoms with van der Waals surface area (Å²) in [5, 5.41) is 5.02. The summed E-state index contributed by atoms with van der Waals surface area (Å²) in [5.74, 6) is -0.0906. The molecule has 1 amide bonds. The first-order valence-electron chi connectivity index (χ1n) is 9.43. The number of likely N-dealkylation sites (N-methyl/N-ethyl adjacent to an activating group) is 1. The maximum absolute atomic E-state index is 12.7. The van der Waals surface area contributed by atoms with Gasteiger partial charge in [-0.3, -0.25) is 4.79 Å². The van der Waals surface area contributed by atoms with E-state index in [1.807, 2.05) is 25.5 Å². The van der Waals surface area contributed by atoms with Crippen molar-refractivity contribution in [1.82, 2.24) is 14.5 Å². The molecule has 3 rings (SSSR count). The van der Waals surface area contributed by atoms with Gasteiger partial charge in [-0.15, -0.1) is 22.7 Å². The minimum Gasteiger partial charge on any atom is -0.354 e. The highest BCUT2D eigenvalue weighted by atomic mass is 32.2. The summed E-state index contributed by atoms with van der Waals surface area (Å²) in [7, 11) is 0.558. The monoisotopic (exact) mass is 441 g/mol. The van der Waals surface area contributed by atoms with Gasteiger partial charge >= 0.3 is 0 Å². The number of amides is 1. The van der Waals surface area contributed by atoms with Crippen LogP contribution in [-0.2, 0) is 21.2 Å². The van der Waals surface area contributed by atoms with Crippen molar-refractivity contribution in [3.8, 4) is 0 Å². The van der Waals surface area contributed by atoms with Crippen LogP contribution in [0.3, 0.4) is 0 Å². The molecule has 1 fully saturated rings. The van der Waals surface area contributed by atoms with E-state index < -0.39 is 10.0 Å². The second-order valence-corrected chi connectivity index (χ2v) is 11.5. The molecule has 1 N–H and O–H groups in total. The molecule has 1 aliphatic heterocycles. The number of nitrogens with one attached hydrogen (secondary N) is 1. The number of nitrogens with zero attached hydrogens (tertiary/aromatic N) is 2. The van der Waals surface area contributed by atoms with Gasteiger partial charge in [0.25, 0.3) is 10.0 Å². The zero-order chi connectivity index (χ0) is 20.1. The molecule has 9 heteroatoms. The van der Waals surface area contributed by atoms with E-state index in [0.717, 1.165) is 24.1 Å². The number of thiophene rings is 2. The minimum atomic E-state index is -3.43. The van der Waals surface area contributed by atoms with E-state index >= 15 is 0 Å². The van der Waals surface area contributed by atoms with Crippen molar-refractivity contribution in [3.05, 3.63) is 39.4 Å². The van der Waals surface area contributed by atoms with Gasteiger partial charge in [0, 0.05) is 29.4 Å². The molecule has 0 saturated carbocycles. The second-order valence-electron chi connectivity index (χ2n) is 7.16. The lowest BCUT2D eigenvalue weighted by Crippen LogP contribution is -2.35. The van der Waals surface area contributed by atoms with Gasteiger partial charge < -0.3 is 10.2 Å². The Labute approximate surface area is 175 Å². The van der Waals surface area contributed by atoms with Gasteiger partial charge in [0.15, 0.2) is 0 Å². The van der Waals surface area contributed by atoms with Gasteiger partial charge in [-0.2, -0.15) is 4.31 Å². The third-order valence-electron chi connectivity index (χ3n) is 4.87.